The Morgan fingerprint density at radius 3 is 2.42 bits per heavy atom. The monoisotopic (exact) mass is 479 g/mol. The lowest BCUT2D eigenvalue weighted by Gasteiger charge is -2.42. The summed E-state index contributed by atoms with van der Waals surface area (Å²) in [6, 6.07) is 3.70. The first-order valence-electron chi connectivity index (χ1n) is 11.5. The molecule has 1 aliphatic rings. The molecule has 0 aliphatic heterocycles. The quantitative estimate of drug-likeness (QED) is 0.264. The van der Waals surface area contributed by atoms with Gasteiger partial charge < -0.3 is 21.1 Å². The largest absolute Gasteiger partial charge is 0.511 e. The third kappa shape index (κ3) is 6.93. The highest BCUT2D eigenvalue weighted by molar-refractivity contribution is 7.94. The topological polar surface area (TPSA) is 127 Å². The standard InChI is InChI=1S/C24H41N5O3S/c1-15(25)21(16(2)30)33(31,32)29-20-13-17(11-12-24(20,6)7)18-9-10-19(22(26-8)28-18)27-14-23(3,4)5/h9-10,17,20,25,27,29-30H,11-14H2,1-8H3,(H,26,28)/b21-16+,25-15?. The summed E-state index contributed by atoms with van der Waals surface area (Å²) in [6.07, 6.45) is 2.32. The van der Waals surface area contributed by atoms with Gasteiger partial charge in [0.25, 0.3) is 0 Å². The van der Waals surface area contributed by atoms with Crippen LogP contribution in [0.3, 0.4) is 0 Å². The van der Waals surface area contributed by atoms with Crippen molar-refractivity contribution >= 4 is 27.2 Å². The maximum atomic E-state index is 13.0. The Hall–Kier alpha value is -2.13. The van der Waals surface area contributed by atoms with E-state index in [2.05, 4.69) is 50.0 Å². The zero-order valence-electron chi connectivity index (χ0n) is 21.3. The lowest BCUT2D eigenvalue weighted by molar-refractivity contribution is 0.170. The number of rotatable bonds is 8. The van der Waals surface area contributed by atoms with Crippen molar-refractivity contribution in [2.45, 2.75) is 79.7 Å². The van der Waals surface area contributed by atoms with Gasteiger partial charge in [-0.2, -0.15) is 0 Å². The van der Waals surface area contributed by atoms with E-state index in [0.717, 1.165) is 36.6 Å². The van der Waals surface area contributed by atoms with Crippen LogP contribution in [0.5, 0.6) is 0 Å². The molecule has 2 rings (SSSR count). The van der Waals surface area contributed by atoms with Crippen molar-refractivity contribution < 1.29 is 13.5 Å². The molecule has 0 amide bonds. The summed E-state index contributed by atoms with van der Waals surface area (Å²) in [6.45, 7) is 14.1. The van der Waals surface area contributed by atoms with Crippen molar-refractivity contribution in [2.75, 3.05) is 24.2 Å². The number of allylic oxidation sites excluding steroid dienone is 2. The summed E-state index contributed by atoms with van der Waals surface area (Å²) < 4.78 is 28.8. The van der Waals surface area contributed by atoms with E-state index in [0.29, 0.717) is 6.42 Å². The van der Waals surface area contributed by atoms with Crippen molar-refractivity contribution in [1.82, 2.24) is 9.71 Å². The van der Waals surface area contributed by atoms with Gasteiger partial charge in [0.05, 0.1) is 11.4 Å². The fraction of sp³-hybridized carbons (Fsp3) is 0.667. The fourth-order valence-corrected chi connectivity index (χ4v) is 5.93. The zero-order valence-corrected chi connectivity index (χ0v) is 22.1. The van der Waals surface area contributed by atoms with Crippen LogP contribution >= 0.6 is 0 Å². The number of nitrogens with zero attached hydrogens (tertiary/aromatic N) is 1. The smallest absolute Gasteiger partial charge is 0.245 e. The molecule has 0 bridgehead atoms. The van der Waals surface area contributed by atoms with E-state index < -0.39 is 10.0 Å². The van der Waals surface area contributed by atoms with Crippen LogP contribution in [-0.2, 0) is 10.0 Å². The van der Waals surface area contributed by atoms with Gasteiger partial charge in [-0.25, -0.2) is 18.1 Å². The van der Waals surface area contributed by atoms with Gasteiger partial charge in [-0.1, -0.05) is 34.6 Å². The molecule has 5 N–H and O–H groups in total. The van der Waals surface area contributed by atoms with Crippen molar-refractivity contribution in [3.05, 3.63) is 28.5 Å². The summed E-state index contributed by atoms with van der Waals surface area (Å²) >= 11 is 0. The summed E-state index contributed by atoms with van der Waals surface area (Å²) in [4.78, 5) is 4.50. The molecular weight excluding hydrogens is 438 g/mol. The molecule has 0 saturated heterocycles. The predicted molar refractivity (Wildman–Crippen MR) is 137 cm³/mol. The second-order valence-corrected chi connectivity index (χ2v) is 12.6. The van der Waals surface area contributed by atoms with E-state index in [1.807, 2.05) is 19.2 Å². The molecule has 186 valence electrons. The number of nitrogens with one attached hydrogen (secondary N) is 4. The maximum Gasteiger partial charge on any atom is 0.245 e. The molecule has 2 unspecified atom stereocenters. The van der Waals surface area contributed by atoms with Crippen LogP contribution in [0.1, 0.15) is 79.3 Å². The van der Waals surface area contributed by atoms with Gasteiger partial charge in [-0.15, -0.1) is 0 Å². The number of pyridine rings is 1. The molecule has 1 aromatic heterocycles. The Morgan fingerprint density at radius 1 is 1.27 bits per heavy atom. The highest BCUT2D eigenvalue weighted by Crippen LogP contribution is 2.43. The van der Waals surface area contributed by atoms with E-state index in [1.54, 1.807) is 0 Å². The summed E-state index contributed by atoms with van der Waals surface area (Å²) in [5.74, 6) is 0.497. The molecule has 0 radical (unpaired) electrons. The molecular formula is C24H41N5O3S. The summed E-state index contributed by atoms with van der Waals surface area (Å²) in [5, 5.41) is 24.3. The Labute approximate surface area is 199 Å². The maximum absolute atomic E-state index is 13.0. The third-order valence-corrected chi connectivity index (χ3v) is 7.95. The number of hydrogen-bond acceptors (Lipinski definition) is 7. The molecule has 0 spiro atoms. The molecule has 0 aromatic carbocycles. The van der Waals surface area contributed by atoms with E-state index in [4.69, 9.17) is 10.4 Å². The van der Waals surface area contributed by atoms with Gasteiger partial charge in [0, 0.05) is 31.2 Å². The minimum absolute atomic E-state index is 0.0956. The molecule has 8 nitrogen and oxygen atoms in total. The molecule has 1 aliphatic carbocycles. The Kier molecular flexibility index (Phi) is 8.23. The first-order valence-corrected chi connectivity index (χ1v) is 13.0. The van der Waals surface area contributed by atoms with Gasteiger partial charge in [-0.3, -0.25) is 0 Å². The number of aliphatic hydroxyl groups is 1. The van der Waals surface area contributed by atoms with Crippen LogP contribution in [0.2, 0.25) is 0 Å². The van der Waals surface area contributed by atoms with Crippen LogP contribution in [-0.4, -0.2) is 43.9 Å². The number of anilines is 2. The van der Waals surface area contributed by atoms with Gasteiger partial charge in [0.15, 0.2) is 0 Å². The van der Waals surface area contributed by atoms with E-state index >= 15 is 0 Å². The SMILES string of the molecule is CNc1nc(C2CCC(C)(C)C(NS(=O)(=O)/C(C(C)=N)=C(\C)O)C2)ccc1NCC(C)(C)C. The van der Waals surface area contributed by atoms with E-state index in [-0.39, 0.29) is 39.2 Å². The predicted octanol–water partition coefficient (Wildman–Crippen LogP) is 4.99. The van der Waals surface area contributed by atoms with Crippen LogP contribution in [0.25, 0.3) is 0 Å². The first kappa shape index (κ1) is 27.1. The van der Waals surface area contributed by atoms with Crippen molar-refractivity contribution in [1.29, 1.82) is 5.41 Å². The first-order chi connectivity index (χ1) is 15.1. The second kappa shape index (κ2) is 10.0. The van der Waals surface area contributed by atoms with Crippen molar-refractivity contribution in [3.63, 3.8) is 0 Å². The molecule has 1 fully saturated rings. The van der Waals surface area contributed by atoms with Crippen LogP contribution in [0.4, 0.5) is 11.5 Å². The number of hydrogen-bond donors (Lipinski definition) is 5. The van der Waals surface area contributed by atoms with Crippen LogP contribution in [0.15, 0.2) is 22.8 Å². The zero-order chi connectivity index (χ0) is 25.2. The average molecular weight is 480 g/mol. The molecule has 9 heteroatoms. The Morgan fingerprint density at radius 2 is 1.91 bits per heavy atom. The van der Waals surface area contributed by atoms with E-state index in [1.165, 1.54) is 13.8 Å². The van der Waals surface area contributed by atoms with Crippen LogP contribution in [0, 0.1) is 16.2 Å². The van der Waals surface area contributed by atoms with Gasteiger partial charge in [-0.05, 0) is 56.1 Å². The number of sulfonamides is 1. The molecule has 1 aromatic rings. The van der Waals surface area contributed by atoms with Crippen molar-refractivity contribution in [2.24, 2.45) is 10.8 Å². The lowest BCUT2D eigenvalue weighted by atomic mass is 9.69. The minimum Gasteiger partial charge on any atom is -0.511 e. The molecule has 1 heterocycles. The summed E-state index contributed by atoms with van der Waals surface area (Å²) in [5.41, 5.74) is 1.55. The van der Waals surface area contributed by atoms with Crippen LogP contribution < -0.4 is 15.4 Å². The normalized spacial score (nSPS) is 21.8. The molecule has 33 heavy (non-hydrogen) atoms. The Balaban J connectivity index is 2.29. The molecule has 2 atom stereocenters. The fourth-order valence-electron chi connectivity index (χ4n) is 4.23. The minimum atomic E-state index is -4.03. The second-order valence-electron chi connectivity index (χ2n) is 11.0. The summed E-state index contributed by atoms with van der Waals surface area (Å²) in [7, 11) is -2.18. The lowest BCUT2D eigenvalue weighted by Crippen LogP contribution is -2.49. The number of aliphatic hydroxyl groups excluding tert-OH is 1. The third-order valence-electron chi connectivity index (χ3n) is 6.22. The highest BCUT2D eigenvalue weighted by Gasteiger charge is 2.40. The van der Waals surface area contributed by atoms with Gasteiger partial charge >= 0.3 is 0 Å². The van der Waals surface area contributed by atoms with Gasteiger partial charge in [0.1, 0.15) is 16.5 Å². The number of aromatic nitrogens is 1. The molecule has 1 saturated carbocycles. The average Bonchev–Trinajstić information content (AvgIpc) is 2.66. The van der Waals surface area contributed by atoms with E-state index in [9.17, 15) is 13.5 Å². The van der Waals surface area contributed by atoms with Gasteiger partial charge in [0.2, 0.25) is 10.0 Å². The van der Waals surface area contributed by atoms with Crippen molar-refractivity contribution in [3.8, 4) is 0 Å². The highest BCUT2D eigenvalue weighted by atomic mass is 32.2. The Bertz CT molecular complexity index is 1010.